The summed E-state index contributed by atoms with van der Waals surface area (Å²) < 4.78 is 98.8. The predicted octanol–water partition coefficient (Wildman–Crippen LogP) is 11.6. The van der Waals surface area contributed by atoms with Crippen LogP contribution in [0.25, 0.3) is 72.2 Å². The normalized spacial score (nSPS) is 13.6. The van der Waals surface area contributed by atoms with Gasteiger partial charge in [0.05, 0.1) is 30.4 Å². The summed E-state index contributed by atoms with van der Waals surface area (Å²) >= 11 is 0. The predicted molar refractivity (Wildman–Crippen MR) is 227 cm³/mol. The molecule has 0 spiro atoms. The Hall–Kier alpha value is -6.68. The maximum Gasteiger partial charge on any atom is 4.00 e. The van der Waals surface area contributed by atoms with Gasteiger partial charge < -0.3 is 18.8 Å². The Morgan fingerprint density at radius 2 is 1.23 bits per heavy atom. The number of hydrogen-bond donors (Lipinski definition) is 0. The third-order valence-corrected chi connectivity index (χ3v) is 9.72. The molecule has 2 heterocycles. The second kappa shape index (κ2) is 15.1. The van der Waals surface area contributed by atoms with E-state index >= 15 is 0 Å². The van der Waals surface area contributed by atoms with Crippen molar-refractivity contribution in [3.63, 3.8) is 0 Å². The van der Waals surface area contributed by atoms with Gasteiger partial charge in [-0.25, -0.2) is 0 Å². The minimum atomic E-state index is -0.569. The number of fused-ring (bicyclic) bond motifs is 4. The third-order valence-electron chi connectivity index (χ3n) is 9.72. The Morgan fingerprint density at radius 1 is 0.596 bits per heavy atom. The van der Waals surface area contributed by atoms with Crippen LogP contribution in [0.5, 0.6) is 11.5 Å². The number of benzene rings is 8. The summed E-state index contributed by atoms with van der Waals surface area (Å²) in [5.41, 5.74) is 5.89. The summed E-state index contributed by atoms with van der Waals surface area (Å²) in [6.07, 6.45) is 3.40. The molecule has 274 valence electrons. The summed E-state index contributed by atoms with van der Waals surface area (Å²) in [4.78, 5) is 2.08. The van der Waals surface area contributed by atoms with Crippen molar-refractivity contribution < 1.29 is 44.1 Å². The molecule has 10 aromatic rings. The van der Waals surface area contributed by atoms with Crippen molar-refractivity contribution in [2.24, 2.45) is 0 Å². The van der Waals surface area contributed by atoms with Crippen LogP contribution in [0.15, 0.2) is 182 Å². The van der Waals surface area contributed by atoms with Crippen LogP contribution in [-0.2, 0) is 21.1 Å². The number of rotatable bonds is 8. The molecule has 0 aliphatic heterocycles. The smallest absolute Gasteiger partial charge is 0.503 e. The first-order valence-corrected chi connectivity index (χ1v) is 17.9. The van der Waals surface area contributed by atoms with E-state index in [4.69, 9.17) is 18.4 Å². The molecular formula is C51H36N4OPt+2. The van der Waals surface area contributed by atoms with Crippen LogP contribution in [0.1, 0.15) is 13.7 Å². The molecule has 0 atom stereocenters. The monoisotopic (exact) mass is 925 g/mol. The van der Waals surface area contributed by atoms with Gasteiger partial charge in [0.2, 0.25) is 0 Å². The van der Waals surface area contributed by atoms with E-state index in [0.717, 1.165) is 33.2 Å². The maximum atomic E-state index is 8.98. The molecule has 57 heavy (non-hydrogen) atoms. The first-order chi connectivity index (χ1) is 31.8. The number of nitrogens with zero attached hydrogens (tertiary/aromatic N) is 4. The first-order valence-electron chi connectivity index (χ1n) is 22.9. The SMILES string of the molecule is [2H]c1c([2H])c([2H])c(-c2cccc(-c3c([2H])c([2H])c([2H])c([2H])c3[2H])c2-[n+]2[c-]n(-c3[c-]c(Oc4[c-]c5c6c(N(C)C)cccc6n(-c6ccccc6)c5cc4)ccc3)c3ccccc32)c([2H])c1[2H].[Pt+4]. The van der Waals surface area contributed by atoms with Crippen molar-refractivity contribution in [1.29, 1.82) is 0 Å². The summed E-state index contributed by atoms with van der Waals surface area (Å²) in [5, 5.41) is 1.90. The van der Waals surface area contributed by atoms with E-state index in [9.17, 15) is 0 Å². The van der Waals surface area contributed by atoms with Gasteiger partial charge in [-0.05, 0) is 57.7 Å². The standard InChI is InChI=1S/C51H36N4O.Pt/c1-52(2)48-29-16-30-49-50(48)44-34-41(31-32-45(44)55(49)38-21-10-5-11-22-38)56-40-24-14-23-39(33-40)53-35-54(47-28-13-12-27-46(47)53)51-42(36-17-6-3-7-18-36)25-15-26-43(51)37-19-8-4-9-20-37;/h3-32H,1-2H3;/q-2;+4/i3D,4D,6D,7D,8D,9D,17D,18D,19D,20D;. The summed E-state index contributed by atoms with van der Waals surface area (Å²) in [5.74, 6) is 0.837. The largest absolute Gasteiger partial charge is 4.00 e. The molecule has 0 unspecified atom stereocenters. The molecule has 2 aromatic heterocycles. The molecule has 0 aliphatic carbocycles. The third kappa shape index (κ3) is 6.40. The molecule has 0 radical (unpaired) electrons. The number of ether oxygens (including phenoxy) is 1. The zero-order chi connectivity index (χ0) is 46.3. The van der Waals surface area contributed by atoms with E-state index < -0.39 is 60.4 Å². The van der Waals surface area contributed by atoms with Gasteiger partial charge >= 0.3 is 21.1 Å². The zero-order valence-corrected chi connectivity index (χ0v) is 32.8. The van der Waals surface area contributed by atoms with Crippen molar-refractivity contribution in [3.8, 4) is 50.8 Å². The molecule has 8 aromatic carbocycles. The van der Waals surface area contributed by atoms with Gasteiger partial charge in [-0.1, -0.05) is 145 Å². The molecule has 6 heteroatoms. The van der Waals surface area contributed by atoms with E-state index in [2.05, 4.69) is 52.2 Å². The van der Waals surface area contributed by atoms with Gasteiger partial charge in [0.1, 0.15) is 0 Å². The van der Waals surface area contributed by atoms with E-state index in [-0.39, 0.29) is 49.0 Å². The van der Waals surface area contributed by atoms with E-state index in [0.29, 0.717) is 28.2 Å². The molecule has 0 N–H and O–H groups in total. The van der Waals surface area contributed by atoms with Crippen molar-refractivity contribution in [3.05, 3.63) is 200 Å². The second-order valence-corrected chi connectivity index (χ2v) is 13.3. The molecule has 0 saturated heterocycles. The van der Waals surface area contributed by atoms with Crippen LogP contribution in [0, 0.1) is 18.5 Å². The molecule has 0 saturated carbocycles. The Kier molecular flexibility index (Phi) is 6.95. The summed E-state index contributed by atoms with van der Waals surface area (Å²) in [7, 11) is 4.02. The average molecular weight is 926 g/mol. The van der Waals surface area contributed by atoms with E-state index in [1.165, 1.54) is 0 Å². The average Bonchev–Trinajstić information content (AvgIpc) is 3.88. The zero-order valence-electron chi connectivity index (χ0n) is 40.6. The minimum absolute atomic E-state index is 0. The summed E-state index contributed by atoms with van der Waals surface area (Å²) in [6, 6.07) is 39.5. The summed E-state index contributed by atoms with van der Waals surface area (Å²) in [6.45, 7) is 0. The number of hydrogen-bond acceptors (Lipinski definition) is 2. The van der Waals surface area contributed by atoms with Crippen LogP contribution < -0.4 is 14.2 Å². The Morgan fingerprint density at radius 3 is 1.95 bits per heavy atom. The van der Waals surface area contributed by atoms with Gasteiger partial charge in [-0.3, -0.25) is 4.57 Å². The van der Waals surface area contributed by atoms with Crippen molar-refractivity contribution in [2.75, 3.05) is 19.0 Å². The fraction of sp³-hybridized carbons (Fsp3) is 0.0392. The quantitative estimate of drug-likeness (QED) is 0.112. The van der Waals surface area contributed by atoms with E-state index in [1.807, 2.05) is 80.8 Å². The molecule has 0 aliphatic rings. The van der Waals surface area contributed by atoms with Gasteiger partial charge in [0.15, 0.2) is 0 Å². The Labute approximate surface area is 360 Å². The fourth-order valence-electron chi connectivity index (χ4n) is 7.34. The van der Waals surface area contributed by atoms with Gasteiger partial charge in [-0.15, -0.1) is 23.6 Å². The Bertz CT molecular complexity index is 3480. The van der Waals surface area contributed by atoms with Crippen LogP contribution in [0.2, 0.25) is 0 Å². The number of anilines is 1. The number of aromatic nitrogens is 3. The number of imidazole rings is 1. The van der Waals surface area contributed by atoms with Crippen molar-refractivity contribution in [1.82, 2.24) is 9.13 Å². The molecule has 5 nitrogen and oxygen atoms in total. The maximum absolute atomic E-state index is 8.98. The molecule has 0 amide bonds. The van der Waals surface area contributed by atoms with Crippen LogP contribution in [0.3, 0.4) is 0 Å². The Balaban J connectivity index is 0.00000562. The molecule has 0 fully saturated rings. The van der Waals surface area contributed by atoms with Crippen LogP contribution in [-0.4, -0.2) is 23.2 Å². The first kappa shape index (κ1) is 26.2. The molecular weight excluding hydrogens is 880 g/mol. The van der Waals surface area contributed by atoms with Crippen LogP contribution in [0.4, 0.5) is 5.69 Å². The van der Waals surface area contributed by atoms with Gasteiger partial charge in [-0.2, -0.15) is 12.1 Å². The second-order valence-electron chi connectivity index (χ2n) is 13.3. The number of para-hydroxylation sites is 4. The molecule has 0 bridgehead atoms. The van der Waals surface area contributed by atoms with Crippen molar-refractivity contribution in [2.45, 2.75) is 0 Å². The van der Waals surface area contributed by atoms with Crippen LogP contribution >= 0.6 is 0 Å². The van der Waals surface area contributed by atoms with Gasteiger partial charge in [0.25, 0.3) is 6.33 Å². The van der Waals surface area contributed by atoms with E-state index in [1.54, 1.807) is 39.5 Å². The van der Waals surface area contributed by atoms with Crippen molar-refractivity contribution >= 4 is 38.5 Å². The topological polar surface area (TPSA) is 26.2 Å². The fourth-order valence-corrected chi connectivity index (χ4v) is 7.34. The van der Waals surface area contributed by atoms with Gasteiger partial charge in [0, 0.05) is 42.5 Å². The molecule has 10 rings (SSSR count). The minimum Gasteiger partial charge on any atom is -0.503 e.